The third-order valence-corrected chi connectivity index (χ3v) is 1.27. The number of aromatic nitrogens is 2. The maximum Gasteiger partial charge on any atom is 0.343 e. The summed E-state index contributed by atoms with van der Waals surface area (Å²) in [5.41, 5.74) is 0.312. The lowest BCUT2D eigenvalue weighted by Gasteiger charge is -1.97. The first-order chi connectivity index (χ1) is 5.79. The third-order valence-electron chi connectivity index (χ3n) is 1.27. The molecule has 0 unspecified atom stereocenters. The summed E-state index contributed by atoms with van der Waals surface area (Å²) in [7, 11) is 0. The lowest BCUT2D eigenvalue weighted by atomic mass is 10.3. The number of aliphatic imine (C=N–C) groups is 1. The average Bonchev–Trinajstić information content (AvgIpc) is 2.51. The van der Waals surface area contributed by atoms with Crippen molar-refractivity contribution in [3.8, 4) is 0 Å². The molecule has 0 atom stereocenters. The van der Waals surface area contributed by atoms with Gasteiger partial charge in [0.2, 0.25) is 0 Å². The first kappa shape index (κ1) is 8.45. The van der Waals surface area contributed by atoms with E-state index in [-0.39, 0.29) is 0 Å². The molecule has 1 aromatic heterocycles. The zero-order chi connectivity index (χ0) is 8.97. The highest BCUT2D eigenvalue weighted by Crippen LogP contribution is 2.14. The van der Waals surface area contributed by atoms with Crippen LogP contribution in [0.1, 0.15) is 17.3 Å². The van der Waals surface area contributed by atoms with Crippen LogP contribution in [0.25, 0.3) is 0 Å². The maximum atomic E-state index is 11.1. The summed E-state index contributed by atoms with van der Waals surface area (Å²) in [6.07, 6.45) is 1.36. The molecule has 0 amide bonds. The van der Waals surface area contributed by atoms with Crippen LogP contribution in [0.5, 0.6) is 0 Å². The number of hydrogen-bond acceptors (Lipinski definition) is 4. The van der Waals surface area contributed by atoms with Gasteiger partial charge in [-0.1, -0.05) is 0 Å². The fourth-order valence-electron chi connectivity index (χ4n) is 0.758. The molecule has 0 fully saturated rings. The molecule has 12 heavy (non-hydrogen) atoms. The molecule has 0 radical (unpaired) electrons. The van der Waals surface area contributed by atoms with Crippen molar-refractivity contribution in [2.24, 2.45) is 4.99 Å². The first-order valence-electron chi connectivity index (χ1n) is 3.46. The van der Waals surface area contributed by atoms with E-state index in [4.69, 9.17) is 4.74 Å². The number of nitrogens with zero attached hydrogens (tertiary/aromatic N) is 2. The van der Waals surface area contributed by atoms with E-state index in [1.807, 2.05) is 0 Å². The minimum Gasteiger partial charge on any atom is -0.462 e. The van der Waals surface area contributed by atoms with Gasteiger partial charge in [0.15, 0.2) is 5.82 Å². The number of aromatic amines is 1. The summed E-state index contributed by atoms with van der Waals surface area (Å²) in [4.78, 5) is 14.7. The smallest absolute Gasteiger partial charge is 0.343 e. The van der Waals surface area contributed by atoms with Gasteiger partial charge in [-0.3, -0.25) is 5.10 Å². The minimum absolute atomic E-state index is 0.312. The maximum absolute atomic E-state index is 11.1. The van der Waals surface area contributed by atoms with Crippen molar-refractivity contribution in [3.05, 3.63) is 11.8 Å². The summed E-state index contributed by atoms with van der Waals surface area (Å²) in [6.45, 7) is 5.35. The molecule has 0 saturated heterocycles. The molecular weight excluding hydrogens is 158 g/mol. The SMILES string of the molecule is C=Nc1[nH]ncc1C(=O)OCC. The first-order valence-corrected chi connectivity index (χ1v) is 3.46. The fraction of sp³-hybridized carbons (Fsp3) is 0.286. The molecule has 1 rings (SSSR count). The van der Waals surface area contributed by atoms with Gasteiger partial charge in [-0.15, -0.1) is 0 Å². The molecule has 5 nitrogen and oxygen atoms in total. The molecule has 1 N–H and O–H groups in total. The van der Waals surface area contributed by atoms with Gasteiger partial charge < -0.3 is 4.74 Å². The second-order valence-electron chi connectivity index (χ2n) is 2.01. The summed E-state index contributed by atoms with van der Waals surface area (Å²) in [5, 5.41) is 6.15. The molecule has 0 aromatic carbocycles. The second-order valence-corrected chi connectivity index (χ2v) is 2.01. The van der Waals surface area contributed by atoms with Crippen LogP contribution < -0.4 is 0 Å². The van der Waals surface area contributed by atoms with Crippen LogP contribution in [-0.4, -0.2) is 29.5 Å². The van der Waals surface area contributed by atoms with Gasteiger partial charge in [0.1, 0.15) is 5.56 Å². The number of rotatable bonds is 3. The van der Waals surface area contributed by atoms with E-state index < -0.39 is 5.97 Å². The Morgan fingerprint density at radius 3 is 3.25 bits per heavy atom. The number of carbonyl (C=O) groups is 1. The van der Waals surface area contributed by atoms with Crippen LogP contribution in [0.2, 0.25) is 0 Å². The van der Waals surface area contributed by atoms with Crippen LogP contribution in [0.4, 0.5) is 5.82 Å². The Balaban J connectivity index is 2.86. The van der Waals surface area contributed by atoms with Crippen LogP contribution >= 0.6 is 0 Å². The zero-order valence-corrected chi connectivity index (χ0v) is 6.70. The van der Waals surface area contributed by atoms with Crippen molar-refractivity contribution in [2.45, 2.75) is 6.92 Å². The standard InChI is InChI=1S/C7H9N3O2/c1-3-12-7(11)5-4-9-10-6(5)8-2/h4H,2-3H2,1H3,(H,9,10). The Morgan fingerprint density at radius 2 is 2.67 bits per heavy atom. The Kier molecular flexibility index (Phi) is 2.57. The van der Waals surface area contributed by atoms with E-state index in [1.54, 1.807) is 6.92 Å². The van der Waals surface area contributed by atoms with E-state index in [9.17, 15) is 4.79 Å². The Morgan fingerprint density at radius 1 is 1.92 bits per heavy atom. The number of ether oxygens (including phenoxy) is 1. The average molecular weight is 167 g/mol. The van der Waals surface area contributed by atoms with Gasteiger partial charge in [0, 0.05) is 0 Å². The number of H-pyrrole nitrogens is 1. The van der Waals surface area contributed by atoms with Crippen molar-refractivity contribution < 1.29 is 9.53 Å². The topological polar surface area (TPSA) is 67.3 Å². The number of carbonyl (C=O) groups excluding carboxylic acids is 1. The largest absolute Gasteiger partial charge is 0.462 e. The predicted molar refractivity (Wildman–Crippen MR) is 43.8 cm³/mol. The van der Waals surface area contributed by atoms with Crippen LogP contribution in [0, 0.1) is 0 Å². The predicted octanol–water partition coefficient (Wildman–Crippen LogP) is 0.918. The van der Waals surface area contributed by atoms with Gasteiger partial charge in [-0.2, -0.15) is 5.10 Å². The highest BCUT2D eigenvalue weighted by atomic mass is 16.5. The molecule has 5 heteroatoms. The molecular formula is C7H9N3O2. The van der Waals surface area contributed by atoms with Crippen molar-refractivity contribution in [1.29, 1.82) is 0 Å². The number of nitrogens with one attached hydrogen (secondary N) is 1. The Bertz CT molecular complexity index is 293. The molecule has 1 heterocycles. The van der Waals surface area contributed by atoms with Crippen LogP contribution in [-0.2, 0) is 4.74 Å². The van der Waals surface area contributed by atoms with Gasteiger partial charge in [0.05, 0.1) is 12.8 Å². The summed E-state index contributed by atoms with van der Waals surface area (Å²) >= 11 is 0. The third kappa shape index (κ3) is 1.50. The van der Waals surface area contributed by atoms with E-state index >= 15 is 0 Å². The summed E-state index contributed by atoms with van der Waals surface area (Å²) in [6, 6.07) is 0. The van der Waals surface area contributed by atoms with Crippen LogP contribution in [0.3, 0.4) is 0 Å². The minimum atomic E-state index is -0.436. The van der Waals surface area contributed by atoms with Crippen LogP contribution in [0.15, 0.2) is 11.2 Å². The molecule has 0 bridgehead atoms. The van der Waals surface area contributed by atoms with Crippen molar-refractivity contribution in [1.82, 2.24) is 10.2 Å². The molecule has 0 aliphatic heterocycles. The van der Waals surface area contributed by atoms with Gasteiger partial charge >= 0.3 is 5.97 Å². The van der Waals surface area contributed by atoms with E-state index in [0.29, 0.717) is 18.0 Å². The van der Waals surface area contributed by atoms with E-state index in [1.165, 1.54) is 6.20 Å². The summed E-state index contributed by atoms with van der Waals surface area (Å²) in [5.74, 6) is -0.0953. The Labute approximate surface area is 69.5 Å². The molecule has 0 spiro atoms. The van der Waals surface area contributed by atoms with Crippen molar-refractivity contribution in [3.63, 3.8) is 0 Å². The monoisotopic (exact) mass is 167 g/mol. The molecule has 1 aromatic rings. The lowest BCUT2D eigenvalue weighted by Crippen LogP contribution is -2.03. The van der Waals surface area contributed by atoms with Gasteiger partial charge in [0.25, 0.3) is 0 Å². The normalized spacial score (nSPS) is 9.42. The van der Waals surface area contributed by atoms with E-state index in [0.717, 1.165) is 0 Å². The number of esters is 1. The van der Waals surface area contributed by atoms with Crippen molar-refractivity contribution >= 4 is 18.5 Å². The lowest BCUT2D eigenvalue weighted by molar-refractivity contribution is 0.0527. The van der Waals surface area contributed by atoms with Gasteiger partial charge in [-0.05, 0) is 13.6 Å². The zero-order valence-electron chi connectivity index (χ0n) is 6.70. The molecule has 0 saturated carbocycles. The number of hydrogen-bond donors (Lipinski definition) is 1. The van der Waals surface area contributed by atoms with Gasteiger partial charge in [-0.25, -0.2) is 9.79 Å². The molecule has 0 aliphatic carbocycles. The Hall–Kier alpha value is -1.65. The van der Waals surface area contributed by atoms with E-state index in [2.05, 4.69) is 21.9 Å². The quantitative estimate of drug-likeness (QED) is 0.537. The molecule has 64 valence electrons. The van der Waals surface area contributed by atoms with Crippen molar-refractivity contribution in [2.75, 3.05) is 6.61 Å². The second kappa shape index (κ2) is 3.66. The highest BCUT2D eigenvalue weighted by Gasteiger charge is 2.12. The summed E-state index contributed by atoms with van der Waals surface area (Å²) < 4.78 is 4.74. The molecule has 0 aliphatic rings. The highest BCUT2D eigenvalue weighted by molar-refractivity contribution is 5.93. The fourth-order valence-corrected chi connectivity index (χ4v) is 0.758.